The van der Waals surface area contributed by atoms with Crippen molar-refractivity contribution in [1.29, 1.82) is 5.26 Å². The lowest BCUT2D eigenvalue weighted by molar-refractivity contribution is 0.455. The molecule has 0 N–H and O–H groups in total. The number of hydrogen-bond donors (Lipinski definition) is 0. The second kappa shape index (κ2) is 2.91. The predicted octanol–water partition coefficient (Wildman–Crippen LogP) is -0.00162. The summed E-state index contributed by atoms with van der Waals surface area (Å²) in [6.07, 6.45) is 1.57. The summed E-state index contributed by atoms with van der Waals surface area (Å²) in [5, 5.41) is 12.5. The van der Waals surface area contributed by atoms with Crippen LogP contribution in [0.3, 0.4) is 0 Å². The molecule has 0 aliphatic heterocycles. The molecular weight excluding hydrogens is 154 g/mol. The highest BCUT2D eigenvalue weighted by atomic mass is 15.5. The molecule has 0 bridgehead atoms. The molecule has 0 fully saturated rings. The van der Waals surface area contributed by atoms with E-state index in [1.54, 1.807) is 6.33 Å². The fourth-order valence-electron chi connectivity index (χ4n) is 0.741. The summed E-state index contributed by atoms with van der Waals surface area (Å²) in [6, 6.07) is 2.00. The number of aromatic nitrogens is 3. The maximum atomic E-state index is 8.39. The number of rotatable bonds is 2. The van der Waals surface area contributed by atoms with E-state index in [1.165, 1.54) is 4.68 Å². The highest BCUT2D eigenvalue weighted by Crippen LogP contribution is 2.07. The minimum Gasteiger partial charge on any atom is -0.263 e. The first kappa shape index (κ1) is 8.68. The molecule has 12 heavy (non-hydrogen) atoms. The van der Waals surface area contributed by atoms with Crippen LogP contribution in [0.15, 0.2) is 6.33 Å². The third kappa shape index (κ3) is 1.80. The van der Waals surface area contributed by atoms with E-state index in [0.29, 0.717) is 10.4 Å². The molecular formula is C7H12N5+. The van der Waals surface area contributed by atoms with E-state index >= 15 is 0 Å². The lowest BCUT2D eigenvalue weighted by Gasteiger charge is -2.17. The van der Waals surface area contributed by atoms with Crippen LogP contribution in [-0.2, 0) is 6.54 Å². The third-order valence-electron chi connectivity index (χ3n) is 1.36. The quantitative estimate of drug-likeness (QED) is 0.581. The van der Waals surface area contributed by atoms with Crippen molar-refractivity contribution in [2.24, 2.45) is 0 Å². The largest absolute Gasteiger partial charge is 0.346 e. The van der Waals surface area contributed by atoms with E-state index in [9.17, 15) is 0 Å². The van der Waals surface area contributed by atoms with Crippen LogP contribution in [0.5, 0.6) is 0 Å². The number of nitriles is 1. The van der Waals surface area contributed by atoms with Crippen LogP contribution in [0, 0.1) is 11.3 Å². The van der Waals surface area contributed by atoms with Gasteiger partial charge in [-0.15, -0.1) is 0 Å². The highest BCUT2D eigenvalue weighted by molar-refractivity contribution is 5.17. The molecule has 0 atom stereocenters. The van der Waals surface area contributed by atoms with E-state index in [-0.39, 0.29) is 6.54 Å². The van der Waals surface area contributed by atoms with Crippen molar-refractivity contribution >= 4 is 5.95 Å². The molecule has 5 heteroatoms. The van der Waals surface area contributed by atoms with Gasteiger partial charge in [0.1, 0.15) is 12.9 Å². The Kier molecular flexibility index (Phi) is 2.11. The second-order valence-corrected chi connectivity index (χ2v) is 3.41. The summed E-state index contributed by atoms with van der Waals surface area (Å²) in [5.74, 6) is 0.713. The normalized spacial score (nSPS) is 11.2. The molecule has 1 heterocycles. The zero-order valence-corrected chi connectivity index (χ0v) is 7.52. The molecule has 0 spiro atoms. The van der Waals surface area contributed by atoms with Crippen molar-refractivity contribution in [1.82, 2.24) is 19.2 Å². The van der Waals surface area contributed by atoms with Crippen LogP contribution in [0.1, 0.15) is 0 Å². The Morgan fingerprint density at radius 2 is 2.25 bits per heavy atom. The van der Waals surface area contributed by atoms with Gasteiger partial charge in [0.2, 0.25) is 0 Å². The van der Waals surface area contributed by atoms with Gasteiger partial charge in [0.25, 0.3) is 0 Å². The number of nitrogens with zero attached hydrogens (tertiary/aromatic N) is 5. The van der Waals surface area contributed by atoms with Crippen molar-refractivity contribution in [2.75, 3.05) is 21.1 Å². The Morgan fingerprint density at radius 1 is 1.58 bits per heavy atom. The molecule has 0 aliphatic rings. The lowest BCUT2D eigenvalue weighted by atomic mass is 10.7. The van der Waals surface area contributed by atoms with Crippen molar-refractivity contribution < 1.29 is 0 Å². The average Bonchev–Trinajstić information content (AvgIpc) is 2.35. The maximum Gasteiger partial charge on any atom is 0.346 e. The van der Waals surface area contributed by atoms with Crippen LogP contribution in [0.4, 0.5) is 5.95 Å². The molecule has 0 saturated carbocycles. The molecule has 64 valence electrons. The third-order valence-corrected chi connectivity index (χ3v) is 1.36. The van der Waals surface area contributed by atoms with Gasteiger partial charge < -0.3 is 0 Å². The maximum absolute atomic E-state index is 8.39. The van der Waals surface area contributed by atoms with E-state index in [1.807, 2.05) is 27.2 Å². The van der Waals surface area contributed by atoms with Gasteiger partial charge in [-0.1, -0.05) is 5.10 Å². The molecule has 1 aromatic rings. The number of quaternary nitrogens is 1. The molecule has 0 radical (unpaired) electrons. The van der Waals surface area contributed by atoms with Gasteiger partial charge >= 0.3 is 5.95 Å². The fraction of sp³-hybridized carbons (Fsp3) is 0.571. The van der Waals surface area contributed by atoms with Gasteiger partial charge in [0, 0.05) is 0 Å². The van der Waals surface area contributed by atoms with Crippen molar-refractivity contribution in [3.05, 3.63) is 6.33 Å². The standard InChI is InChI=1S/C7H12N5/c1-12(2,3)7-9-6-11(10-7)5-4-8/h6H,5H2,1-3H3/q+1. The summed E-state index contributed by atoms with van der Waals surface area (Å²) in [7, 11) is 5.93. The number of hydrogen-bond acceptors (Lipinski definition) is 3. The summed E-state index contributed by atoms with van der Waals surface area (Å²) in [5.41, 5.74) is 0. The van der Waals surface area contributed by atoms with E-state index in [2.05, 4.69) is 10.1 Å². The Balaban J connectivity index is 2.86. The minimum absolute atomic E-state index is 0.257. The summed E-state index contributed by atoms with van der Waals surface area (Å²) >= 11 is 0. The van der Waals surface area contributed by atoms with Gasteiger partial charge in [0.05, 0.1) is 27.2 Å². The van der Waals surface area contributed by atoms with Crippen molar-refractivity contribution in [2.45, 2.75) is 6.54 Å². The topological polar surface area (TPSA) is 54.5 Å². The summed E-state index contributed by atoms with van der Waals surface area (Å²) in [6.45, 7) is 0.257. The zero-order valence-electron chi connectivity index (χ0n) is 7.52. The van der Waals surface area contributed by atoms with Gasteiger partial charge in [-0.25, -0.2) is 4.68 Å². The Labute approximate surface area is 71.4 Å². The molecule has 0 saturated heterocycles. The molecule has 0 amide bonds. The summed E-state index contributed by atoms with van der Waals surface area (Å²) in [4.78, 5) is 4.08. The zero-order chi connectivity index (χ0) is 9.19. The molecule has 1 rings (SSSR count). The Bertz CT molecular complexity index is 300. The summed E-state index contributed by atoms with van der Waals surface area (Å²) < 4.78 is 2.09. The average molecular weight is 166 g/mol. The lowest BCUT2D eigenvalue weighted by Crippen LogP contribution is -2.36. The van der Waals surface area contributed by atoms with Gasteiger partial charge in [-0.2, -0.15) is 10.2 Å². The van der Waals surface area contributed by atoms with E-state index in [4.69, 9.17) is 5.26 Å². The molecule has 0 aliphatic carbocycles. The predicted molar refractivity (Wildman–Crippen MR) is 45.2 cm³/mol. The second-order valence-electron chi connectivity index (χ2n) is 3.41. The van der Waals surface area contributed by atoms with Crippen LogP contribution in [0.25, 0.3) is 0 Å². The van der Waals surface area contributed by atoms with Crippen LogP contribution < -0.4 is 4.48 Å². The van der Waals surface area contributed by atoms with Crippen molar-refractivity contribution in [3.63, 3.8) is 0 Å². The molecule has 0 unspecified atom stereocenters. The van der Waals surface area contributed by atoms with Crippen LogP contribution in [-0.4, -0.2) is 35.9 Å². The smallest absolute Gasteiger partial charge is 0.263 e. The first-order chi connectivity index (χ1) is 5.54. The highest BCUT2D eigenvalue weighted by Gasteiger charge is 2.17. The van der Waals surface area contributed by atoms with Crippen molar-refractivity contribution in [3.8, 4) is 6.07 Å². The first-order valence-corrected chi connectivity index (χ1v) is 3.62. The van der Waals surface area contributed by atoms with Crippen LogP contribution >= 0.6 is 0 Å². The van der Waals surface area contributed by atoms with E-state index in [0.717, 1.165) is 0 Å². The Morgan fingerprint density at radius 3 is 2.67 bits per heavy atom. The molecule has 1 aromatic heterocycles. The fourth-order valence-corrected chi connectivity index (χ4v) is 0.741. The monoisotopic (exact) mass is 166 g/mol. The molecule has 5 nitrogen and oxygen atoms in total. The van der Waals surface area contributed by atoms with Crippen LogP contribution in [0.2, 0.25) is 0 Å². The SMILES string of the molecule is C[N+](C)(C)c1ncn(CC#N)n1. The van der Waals surface area contributed by atoms with Gasteiger partial charge in [-0.05, 0) is 0 Å². The van der Waals surface area contributed by atoms with Gasteiger partial charge in [0.15, 0.2) is 0 Å². The minimum atomic E-state index is 0.257. The van der Waals surface area contributed by atoms with Gasteiger partial charge in [-0.3, -0.25) is 4.48 Å². The Hall–Kier alpha value is -1.41. The molecule has 0 aromatic carbocycles. The first-order valence-electron chi connectivity index (χ1n) is 3.62. The van der Waals surface area contributed by atoms with E-state index < -0.39 is 0 Å².